The first kappa shape index (κ1) is 12.7. The van der Waals surface area contributed by atoms with Gasteiger partial charge in [0.2, 0.25) is 11.8 Å². The second kappa shape index (κ2) is 4.34. The van der Waals surface area contributed by atoms with Crippen molar-refractivity contribution in [2.45, 2.75) is 6.42 Å². The molecule has 1 saturated heterocycles. The molecule has 4 atom stereocenters. The lowest BCUT2D eigenvalue weighted by molar-refractivity contribution is -0.123. The number of hydrogen-bond acceptors (Lipinski definition) is 5. The molecule has 114 valence electrons. The molecule has 3 aliphatic rings. The molecule has 0 unspecified atom stereocenters. The van der Waals surface area contributed by atoms with Crippen LogP contribution in [-0.2, 0) is 9.59 Å². The third-order valence-corrected chi connectivity index (χ3v) is 5.08. The Bertz CT molecular complexity index is 813. The minimum atomic E-state index is -0.238. The van der Waals surface area contributed by atoms with E-state index in [-0.39, 0.29) is 41.4 Å². The van der Waals surface area contributed by atoms with Crippen LogP contribution in [0.3, 0.4) is 0 Å². The van der Waals surface area contributed by atoms with Gasteiger partial charge in [-0.15, -0.1) is 5.10 Å². The fraction of sp³-hybridized carbons (Fsp3) is 0.312. The summed E-state index contributed by atoms with van der Waals surface area (Å²) in [5.41, 5.74) is 0.757. The molecule has 1 aliphatic heterocycles. The monoisotopic (exact) mass is 307 g/mol. The van der Waals surface area contributed by atoms with Gasteiger partial charge in [-0.1, -0.05) is 12.2 Å². The van der Waals surface area contributed by atoms with Crippen molar-refractivity contribution >= 4 is 17.8 Å². The molecule has 1 saturated carbocycles. The Morgan fingerprint density at radius 2 is 1.87 bits per heavy atom. The number of aromatic nitrogens is 4. The molecule has 2 aromatic rings. The summed E-state index contributed by atoms with van der Waals surface area (Å²) in [5.74, 6) is 0.170. The third kappa shape index (κ3) is 1.61. The number of anilines is 1. The van der Waals surface area contributed by atoms with E-state index >= 15 is 0 Å². The highest BCUT2D eigenvalue weighted by atomic mass is 16.2. The Morgan fingerprint density at radius 3 is 2.52 bits per heavy atom. The number of allylic oxidation sites excluding steroid dienone is 2. The summed E-state index contributed by atoms with van der Waals surface area (Å²) in [5, 5.41) is 6.85. The number of nitrogens with zero attached hydrogens (tertiary/aromatic N) is 4. The predicted octanol–water partition coefficient (Wildman–Crippen LogP) is 1.18. The number of aromatic amines is 1. The van der Waals surface area contributed by atoms with E-state index in [9.17, 15) is 9.59 Å². The summed E-state index contributed by atoms with van der Waals surface area (Å²) < 4.78 is 0. The molecule has 2 aromatic heterocycles. The van der Waals surface area contributed by atoms with Crippen LogP contribution in [0.5, 0.6) is 0 Å². The first-order valence-corrected chi connectivity index (χ1v) is 7.63. The van der Waals surface area contributed by atoms with Crippen molar-refractivity contribution in [3.8, 4) is 11.4 Å². The van der Waals surface area contributed by atoms with Crippen molar-refractivity contribution in [3.63, 3.8) is 0 Å². The molecule has 2 aliphatic carbocycles. The van der Waals surface area contributed by atoms with Crippen molar-refractivity contribution in [1.82, 2.24) is 20.2 Å². The Kier molecular flexibility index (Phi) is 2.40. The lowest BCUT2D eigenvalue weighted by atomic mass is 9.85. The van der Waals surface area contributed by atoms with E-state index in [2.05, 4.69) is 32.3 Å². The van der Waals surface area contributed by atoms with E-state index in [0.717, 1.165) is 16.9 Å². The number of hydrogen-bond donors (Lipinski definition) is 1. The molecule has 2 bridgehead atoms. The maximum atomic E-state index is 12.7. The average Bonchev–Trinajstić information content (AvgIpc) is 3.33. The highest BCUT2D eigenvalue weighted by Gasteiger charge is 2.60. The highest BCUT2D eigenvalue weighted by Crippen LogP contribution is 2.52. The molecule has 2 amide bonds. The zero-order chi connectivity index (χ0) is 15.6. The number of carbonyl (C=O) groups is 2. The van der Waals surface area contributed by atoms with Crippen molar-refractivity contribution in [2.24, 2.45) is 23.7 Å². The van der Waals surface area contributed by atoms with Gasteiger partial charge in [-0.3, -0.25) is 19.7 Å². The molecule has 0 spiro atoms. The Balaban J connectivity index is 1.51. The summed E-state index contributed by atoms with van der Waals surface area (Å²) in [6, 6.07) is 3.63. The molecular formula is C16H13N5O2. The zero-order valence-corrected chi connectivity index (χ0v) is 12.1. The van der Waals surface area contributed by atoms with Crippen LogP contribution in [0.25, 0.3) is 11.4 Å². The molecule has 3 heterocycles. The number of nitrogens with one attached hydrogen (secondary N) is 1. The number of rotatable bonds is 2. The summed E-state index contributed by atoms with van der Waals surface area (Å²) in [6.07, 6.45) is 8.36. The number of pyridine rings is 1. The second-order valence-corrected chi connectivity index (χ2v) is 6.24. The maximum Gasteiger partial charge on any atom is 0.258 e. The fourth-order valence-corrected chi connectivity index (χ4v) is 4.08. The van der Waals surface area contributed by atoms with Gasteiger partial charge in [0, 0.05) is 18.0 Å². The van der Waals surface area contributed by atoms with Crippen LogP contribution >= 0.6 is 0 Å². The van der Waals surface area contributed by atoms with Crippen LogP contribution in [-0.4, -0.2) is 32.0 Å². The SMILES string of the molecule is O=C1[C@@H]2[C@H](C(=O)N1c1n[nH]c(-c3cccnc3)n1)[C@H]1C=C[C@H]2C1. The van der Waals surface area contributed by atoms with Gasteiger partial charge in [0.15, 0.2) is 5.82 Å². The van der Waals surface area contributed by atoms with E-state index < -0.39 is 0 Å². The summed E-state index contributed by atoms with van der Waals surface area (Å²) >= 11 is 0. The smallest absolute Gasteiger partial charge is 0.258 e. The topological polar surface area (TPSA) is 91.8 Å². The lowest BCUT2D eigenvalue weighted by Crippen LogP contribution is -2.33. The van der Waals surface area contributed by atoms with Crippen molar-refractivity contribution in [2.75, 3.05) is 4.90 Å². The fourth-order valence-electron chi connectivity index (χ4n) is 4.08. The largest absolute Gasteiger partial charge is 0.274 e. The van der Waals surface area contributed by atoms with Crippen LogP contribution in [0.4, 0.5) is 5.95 Å². The molecule has 0 aromatic carbocycles. The average molecular weight is 307 g/mol. The molecule has 1 N–H and O–H groups in total. The van der Waals surface area contributed by atoms with Crippen LogP contribution in [0, 0.1) is 23.7 Å². The standard InChI is InChI=1S/C16H13N5O2/c22-14-11-8-3-4-9(6-8)12(11)15(23)21(14)16-18-13(19-20-16)10-2-1-5-17-7-10/h1-5,7-9,11-12H,6H2,(H,18,19,20)/t8-,9-,11-,12+/m0/s1. The van der Waals surface area contributed by atoms with Gasteiger partial charge in [-0.2, -0.15) is 4.98 Å². The molecule has 23 heavy (non-hydrogen) atoms. The van der Waals surface area contributed by atoms with Gasteiger partial charge in [0.1, 0.15) is 0 Å². The second-order valence-electron chi connectivity index (χ2n) is 6.24. The number of carbonyl (C=O) groups excluding carboxylic acids is 2. The number of imide groups is 1. The lowest BCUT2D eigenvalue weighted by Gasteiger charge is -2.14. The molecule has 0 radical (unpaired) electrons. The first-order chi connectivity index (χ1) is 11.2. The summed E-state index contributed by atoms with van der Waals surface area (Å²) in [4.78, 5) is 34.9. The minimum absolute atomic E-state index is 0.132. The van der Waals surface area contributed by atoms with Crippen molar-refractivity contribution in [1.29, 1.82) is 0 Å². The Hall–Kier alpha value is -2.83. The molecule has 5 rings (SSSR count). The predicted molar refractivity (Wildman–Crippen MR) is 79.8 cm³/mol. The molecule has 2 fully saturated rings. The minimum Gasteiger partial charge on any atom is -0.274 e. The van der Waals surface area contributed by atoms with Gasteiger partial charge >= 0.3 is 0 Å². The first-order valence-electron chi connectivity index (χ1n) is 7.63. The Labute approximate surface area is 131 Å². The van der Waals surface area contributed by atoms with Crippen LogP contribution < -0.4 is 4.90 Å². The van der Waals surface area contributed by atoms with E-state index in [1.165, 1.54) is 0 Å². The maximum absolute atomic E-state index is 12.7. The highest BCUT2D eigenvalue weighted by molar-refractivity contribution is 6.21. The van der Waals surface area contributed by atoms with Crippen LogP contribution in [0.2, 0.25) is 0 Å². The van der Waals surface area contributed by atoms with Crippen LogP contribution in [0.1, 0.15) is 6.42 Å². The molecular weight excluding hydrogens is 294 g/mol. The van der Waals surface area contributed by atoms with Crippen LogP contribution in [0.15, 0.2) is 36.7 Å². The summed E-state index contributed by atoms with van der Waals surface area (Å²) in [6.45, 7) is 0. The number of H-pyrrole nitrogens is 1. The van der Waals surface area contributed by atoms with E-state index in [0.29, 0.717) is 5.82 Å². The third-order valence-electron chi connectivity index (χ3n) is 5.08. The number of fused-ring (bicyclic) bond motifs is 5. The van der Waals surface area contributed by atoms with Crippen molar-refractivity contribution in [3.05, 3.63) is 36.7 Å². The van der Waals surface area contributed by atoms with Gasteiger partial charge < -0.3 is 0 Å². The molecule has 7 nitrogen and oxygen atoms in total. The normalized spacial score (nSPS) is 31.2. The van der Waals surface area contributed by atoms with E-state index in [4.69, 9.17) is 0 Å². The van der Waals surface area contributed by atoms with E-state index in [1.807, 2.05) is 6.07 Å². The number of amides is 2. The molecule has 7 heteroatoms. The van der Waals surface area contributed by atoms with Gasteiger partial charge in [-0.05, 0) is 30.4 Å². The van der Waals surface area contributed by atoms with E-state index in [1.54, 1.807) is 18.5 Å². The van der Waals surface area contributed by atoms with Gasteiger partial charge in [0.05, 0.1) is 11.8 Å². The van der Waals surface area contributed by atoms with Gasteiger partial charge in [-0.25, -0.2) is 4.90 Å². The quantitative estimate of drug-likeness (QED) is 0.664. The Morgan fingerprint density at radius 1 is 1.13 bits per heavy atom. The van der Waals surface area contributed by atoms with Crippen molar-refractivity contribution < 1.29 is 9.59 Å². The zero-order valence-electron chi connectivity index (χ0n) is 12.1. The summed E-state index contributed by atoms with van der Waals surface area (Å²) in [7, 11) is 0. The van der Waals surface area contributed by atoms with Gasteiger partial charge in [0.25, 0.3) is 5.95 Å².